The summed E-state index contributed by atoms with van der Waals surface area (Å²) >= 11 is 0. The normalized spacial score (nSPS) is 18.7. The van der Waals surface area contributed by atoms with Crippen LogP contribution in [0.15, 0.2) is 12.1 Å². The molecular weight excluding hydrogens is 298 g/mol. The van der Waals surface area contributed by atoms with Gasteiger partial charge in [0.15, 0.2) is 11.5 Å². The molecular formula is C21H27NO2. The Morgan fingerprint density at radius 1 is 0.792 bits per heavy atom. The molecule has 0 bridgehead atoms. The van der Waals surface area contributed by atoms with Crippen LogP contribution in [-0.4, -0.2) is 11.8 Å². The summed E-state index contributed by atoms with van der Waals surface area (Å²) in [6.07, 6.45) is 13.1. The first-order valence-corrected chi connectivity index (χ1v) is 9.54. The molecule has 0 saturated heterocycles. The number of hydrogen-bond donors (Lipinski definition) is 0. The van der Waals surface area contributed by atoms with E-state index in [1.807, 2.05) is 0 Å². The molecule has 0 spiro atoms. The molecule has 1 aliphatic heterocycles. The van der Waals surface area contributed by atoms with Gasteiger partial charge in [-0.15, -0.1) is 0 Å². The molecule has 3 heteroatoms. The number of fused-ring (bicyclic) bond motifs is 3. The highest BCUT2D eigenvalue weighted by atomic mass is 16.7. The second-order valence-corrected chi connectivity index (χ2v) is 7.21. The third-order valence-corrected chi connectivity index (χ3v) is 5.54. The van der Waals surface area contributed by atoms with Crippen molar-refractivity contribution in [2.24, 2.45) is 0 Å². The Bertz CT molecular complexity index is 738. The van der Waals surface area contributed by atoms with Gasteiger partial charge in [-0.05, 0) is 49.8 Å². The molecule has 3 nitrogen and oxygen atoms in total. The van der Waals surface area contributed by atoms with Gasteiger partial charge in [-0.1, -0.05) is 38.5 Å². The van der Waals surface area contributed by atoms with E-state index in [1.165, 1.54) is 80.0 Å². The van der Waals surface area contributed by atoms with Crippen molar-refractivity contribution in [3.05, 3.63) is 29.0 Å². The van der Waals surface area contributed by atoms with E-state index >= 15 is 0 Å². The smallest absolute Gasteiger partial charge is 0.231 e. The largest absolute Gasteiger partial charge is 0.454 e. The molecule has 2 heterocycles. The number of benzene rings is 1. The van der Waals surface area contributed by atoms with E-state index in [-0.39, 0.29) is 0 Å². The Hall–Kier alpha value is -1.77. The number of rotatable bonds is 0. The average molecular weight is 325 g/mol. The van der Waals surface area contributed by atoms with Crippen molar-refractivity contribution >= 4 is 10.9 Å². The van der Waals surface area contributed by atoms with Gasteiger partial charge in [0.1, 0.15) is 0 Å². The third kappa shape index (κ3) is 3.09. The summed E-state index contributed by atoms with van der Waals surface area (Å²) in [7, 11) is 0. The van der Waals surface area contributed by atoms with Gasteiger partial charge >= 0.3 is 0 Å². The summed E-state index contributed by atoms with van der Waals surface area (Å²) in [4.78, 5) is 5.05. The summed E-state index contributed by atoms with van der Waals surface area (Å²) < 4.78 is 11.1. The molecule has 0 N–H and O–H groups in total. The molecule has 0 fully saturated rings. The molecule has 1 aromatic carbocycles. The second-order valence-electron chi connectivity index (χ2n) is 7.21. The quantitative estimate of drug-likeness (QED) is 0.641. The van der Waals surface area contributed by atoms with E-state index in [9.17, 15) is 0 Å². The first-order chi connectivity index (χ1) is 11.8. The zero-order valence-corrected chi connectivity index (χ0v) is 14.7. The van der Waals surface area contributed by atoms with Gasteiger partial charge in [0.2, 0.25) is 6.79 Å². The molecule has 0 radical (unpaired) electrons. The Morgan fingerprint density at radius 2 is 1.42 bits per heavy atom. The van der Waals surface area contributed by atoms with E-state index in [0.717, 1.165) is 23.4 Å². The lowest BCUT2D eigenvalue weighted by Crippen LogP contribution is -2.04. The fourth-order valence-electron chi connectivity index (χ4n) is 4.11. The van der Waals surface area contributed by atoms with E-state index in [4.69, 9.17) is 14.5 Å². The van der Waals surface area contributed by atoms with Crippen LogP contribution in [0.2, 0.25) is 0 Å². The van der Waals surface area contributed by atoms with Gasteiger partial charge in [-0.3, -0.25) is 4.98 Å². The summed E-state index contributed by atoms with van der Waals surface area (Å²) in [5.74, 6) is 1.70. The maximum absolute atomic E-state index is 5.57. The molecule has 24 heavy (non-hydrogen) atoms. The summed E-state index contributed by atoms with van der Waals surface area (Å²) in [5, 5.41) is 1.23. The van der Waals surface area contributed by atoms with Crippen molar-refractivity contribution in [1.29, 1.82) is 0 Å². The maximum Gasteiger partial charge on any atom is 0.231 e. The van der Waals surface area contributed by atoms with Gasteiger partial charge in [0, 0.05) is 17.1 Å². The van der Waals surface area contributed by atoms with Crippen molar-refractivity contribution in [1.82, 2.24) is 4.98 Å². The number of hydrogen-bond acceptors (Lipinski definition) is 3. The van der Waals surface area contributed by atoms with Crippen LogP contribution < -0.4 is 9.47 Å². The molecule has 2 aromatic rings. The van der Waals surface area contributed by atoms with E-state index in [2.05, 4.69) is 19.1 Å². The Balaban J connectivity index is 1.75. The van der Waals surface area contributed by atoms with Crippen molar-refractivity contribution in [3.63, 3.8) is 0 Å². The van der Waals surface area contributed by atoms with E-state index < -0.39 is 0 Å². The second kappa shape index (κ2) is 7.00. The number of ether oxygens (including phenoxy) is 2. The first-order valence-electron chi connectivity index (χ1n) is 9.54. The molecule has 1 aliphatic carbocycles. The zero-order chi connectivity index (χ0) is 16.4. The van der Waals surface area contributed by atoms with E-state index in [0.29, 0.717) is 6.79 Å². The highest BCUT2D eigenvalue weighted by Gasteiger charge is 2.18. The van der Waals surface area contributed by atoms with Crippen LogP contribution in [0.25, 0.3) is 10.9 Å². The average Bonchev–Trinajstić information content (AvgIpc) is 3.02. The highest BCUT2D eigenvalue weighted by Crippen LogP contribution is 2.38. The zero-order valence-electron chi connectivity index (χ0n) is 14.7. The van der Waals surface area contributed by atoms with Gasteiger partial charge in [-0.2, -0.15) is 0 Å². The van der Waals surface area contributed by atoms with Gasteiger partial charge in [0.05, 0.1) is 5.52 Å². The summed E-state index contributed by atoms with van der Waals surface area (Å²) in [5.41, 5.74) is 5.26. The van der Waals surface area contributed by atoms with Crippen LogP contribution in [0.3, 0.4) is 0 Å². The van der Waals surface area contributed by atoms with Crippen LogP contribution in [-0.2, 0) is 12.8 Å². The topological polar surface area (TPSA) is 31.4 Å². The lowest BCUT2D eigenvalue weighted by atomic mass is 9.93. The molecule has 0 unspecified atom stereocenters. The van der Waals surface area contributed by atoms with Gasteiger partial charge < -0.3 is 9.47 Å². The predicted octanol–water partition coefficient (Wildman–Crippen LogP) is 5.49. The van der Waals surface area contributed by atoms with Crippen LogP contribution in [0.4, 0.5) is 0 Å². The fraction of sp³-hybridized carbons (Fsp3) is 0.571. The van der Waals surface area contributed by atoms with Gasteiger partial charge in [-0.25, -0.2) is 0 Å². The first kappa shape index (κ1) is 15.7. The van der Waals surface area contributed by atoms with Crippen LogP contribution in [0.5, 0.6) is 11.5 Å². The lowest BCUT2D eigenvalue weighted by molar-refractivity contribution is 0.174. The third-order valence-electron chi connectivity index (χ3n) is 5.54. The van der Waals surface area contributed by atoms with Crippen LogP contribution >= 0.6 is 0 Å². The molecule has 2 aliphatic rings. The summed E-state index contributed by atoms with van der Waals surface area (Å²) in [6, 6.07) is 4.18. The standard InChI is InChI=1S/C21H27NO2/c1-15-16-10-8-6-4-2-3-5-7-9-11-18(16)22-19-13-21-20(12-17(15)19)23-14-24-21/h12-13H,2-11,14H2,1H3. The summed E-state index contributed by atoms with van der Waals surface area (Å²) in [6.45, 7) is 2.58. The fourth-order valence-corrected chi connectivity index (χ4v) is 4.11. The molecule has 1 aromatic heterocycles. The monoisotopic (exact) mass is 325 g/mol. The molecule has 0 atom stereocenters. The minimum absolute atomic E-state index is 0.324. The predicted molar refractivity (Wildman–Crippen MR) is 96.9 cm³/mol. The maximum atomic E-state index is 5.57. The molecule has 0 saturated carbocycles. The van der Waals surface area contributed by atoms with Crippen LogP contribution in [0, 0.1) is 6.92 Å². The Kier molecular flexibility index (Phi) is 4.59. The minimum Gasteiger partial charge on any atom is -0.454 e. The van der Waals surface area contributed by atoms with Gasteiger partial charge in [0.25, 0.3) is 0 Å². The number of nitrogens with zero attached hydrogens (tertiary/aromatic N) is 1. The Morgan fingerprint density at radius 3 is 2.17 bits per heavy atom. The Labute approximate surface area is 144 Å². The van der Waals surface area contributed by atoms with Crippen molar-refractivity contribution in [3.8, 4) is 11.5 Å². The number of aromatic nitrogens is 1. The van der Waals surface area contributed by atoms with Crippen molar-refractivity contribution in [2.45, 2.75) is 71.1 Å². The molecule has 128 valence electrons. The van der Waals surface area contributed by atoms with E-state index in [1.54, 1.807) is 0 Å². The minimum atomic E-state index is 0.324. The lowest BCUT2D eigenvalue weighted by Gasteiger charge is -2.16. The number of aryl methyl sites for hydroxylation is 2. The number of pyridine rings is 1. The van der Waals surface area contributed by atoms with Crippen molar-refractivity contribution < 1.29 is 9.47 Å². The molecule has 0 amide bonds. The SMILES string of the molecule is Cc1c2c(nc3cc4c(cc13)OCO4)CCCCCCCCCC2. The molecule has 4 rings (SSSR count). The van der Waals surface area contributed by atoms with Crippen molar-refractivity contribution in [2.75, 3.05) is 6.79 Å². The van der Waals surface area contributed by atoms with Crippen LogP contribution in [0.1, 0.15) is 68.2 Å². The highest BCUT2D eigenvalue weighted by molar-refractivity contribution is 5.87.